The lowest BCUT2D eigenvalue weighted by Crippen LogP contribution is -2.36. The lowest BCUT2D eigenvalue weighted by Gasteiger charge is -2.32. The highest BCUT2D eigenvalue weighted by molar-refractivity contribution is 7.10. The van der Waals surface area contributed by atoms with Crippen LogP contribution in [0.2, 0.25) is 0 Å². The van der Waals surface area contributed by atoms with Crippen molar-refractivity contribution < 1.29 is 9.90 Å². The van der Waals surface area contributed by atoms with Gasteiger partial charge in [-0.1, -0.05) is 26.8 Å². The molecule has 1 aliphatic heterocycles. The van der Waals surface area contributed by atoms with Crippen molar-refractivity contribution in [1.29, 1.82) is 0 Å². The molecule has 1 aromatic heterocycles. The fourth-order valence-corrected chi connectivity index (χ4v) is 4.18. The van der Waals surface area contributed by atoms with E-state index in [1.807, 2.05) is 6.92 Å². The summed E-state index contributed by atoms with van der Waals surface area (Å²) in [5.41, 5.74) is -0.537. The summed E-state index contributed by atoms with van der Waals surface area (Å²) in [6.45, 7) is 8.00. The van der Waals surface area contributed by atoms with Crippen LogP contribution in [0.3, 0.4) is 0 Å². The first-order valence-electron chi connectivity index (χ1n) is 7.01. The Morgan fingerprint density at radius 2 is 2.32 bits per heavy atom. The lowest BCUT2D eigenvalue weighted by molar-refractivity contribution is -0.148. The molecule has 3 nitrogen and oxygen atoms in total. The van der Waals surface area contributed by atoms with E-state index in [1.54, 1.807) is 11.3 Å². The standard InChI is InChI=1S/C15H23NO2S/c1-4-15(14(17)18)7-8-16(10-15)13(11(2)3)12-6-5-9-19-12/h5-6,9,11,13H,4,7-8,10H2,1-3H3,(H,17,18). The molecule has 1 fully saturated rings. The SMILES string of the molecule is CCC1(C(=O)O)CCN(C(c2cccs2)C(C)C)C1. The summed E-state index contributed by atoms with van der Waals surface area (Å²) in [5.74, 6) is -0.133. The summed E-state index contributed by atoms with van der Waals surface area (Å²) in [6, 6.07) is 4.60. The molecule has 2 rings (SSSR count). The van der Waals surface area contributed by atoms with Gasteiger partial charge in [0.2, 0.25) is 0 Å². The van der Waals surface area contributed by atoms with Crippen LogP contribution in [0.4, 0.5) is 0 Å². The number of thiophene rings is 1. The maximum Gasteiger partial charge on any atom is 0.310 e. The molecule has 0 bridgehead atoms. The quantitative estimate of drug-likeness (QED) is 0.896. The molecule has 2 atom stereocenters. The zero-order valence-corrected chi connectivity index (χ0v) is 12.7. The van der Waals surface area contributed by atoms with E-state index >= 15 is 0 Å². The number of hydrogen-bond donors (Lipinski definition) is 1. The molecular formula is C15H23NO2S. The van der Waals surface area contributed by atoms with Crippen molar-refractivity contribution in [3.63, 3.8) is 0 Å². The van der Waals surface area contributed by atoms with E-state index in [2.05, 4.69) is 36.3 Å². The highest BCUT2D eigenvalue weighted by Gasteiger charge is 2.45. The van der Waals surface area contributed by atoms with Crippen molar-refractivity contribution in [3.05, 3.63) is 22.4 Å². The van der Waals surface area contributed by atoms with Crippen LogP contribution in [-0.2, 0) is 4.79 Å². The monoisotopic (exact) mass is 281 g/mol. The topological polar surface area (TPSA) is 40.5 Å². The molecule has 19 heavy (non-hydrogen) atoms. The van der Waals surface area contributed by atoms with Crippen LogP contribution in [0.25, 0.3) is 0 Å². The van der Waals surface area contributed by atoms with E-state index in [-0.39, 0.29) is 0 Å². The van der Waals surface area contributed by atoms with Gasteiger partial charge >= 0.3 is 5.97 Å². The van der Waals surface area contributed by atoms with E-state index < -0.39 is 11.4 Å². The Bertz CT molecular complexity index is 429. The molecule has 106 valence electrons. The van der Waals surface area contributed by atoms with Crippen LogP contribution in [0, 0.1) is 11.3 Å². The number of rotatable bonds is 5. The van der Waals surface area contributed by atoms with Crippen LogP contribution in [0.15, 0.2) is 17.5 Å². The number of hydrogen-bond acceptors (Lipinski definition) is 3. The number of aliphatic carboxylic acids is 1. The lowest BCUT2D eigenvalue weighted by atomic mass is 9.84. The number of carbonyl (C=O) groups is 1. The van der Waals surface area contributed by atoms with Gasteiger partial charge in [0.05, 0.1) is 5.41 Å². The van der Waals surface area contributed by atoms with Crippen molar-refractivity contribution in [3.8, 4) is 0 Å². The Morgan fingerprint density at radius 1 is 1.58 bits per heavy atom. The molecule has 0 saturated carbocycles. The Balaban J connectivity index is 2.20. The fraction of sp³-hybridized carbons (Fsp3) is 0.667. The summed E-state index contributed by atoms with van der Waals surface area (Å²) < 4.78 is 0. The summed E-state index contributed by atoms with van der Waals surface area (Å²) in [7, 11) is 0. The maximum atomic E-state index is 11.6. The second-order valence-corrected chi connectivity index (χ2v) is 6.84. The van der Waals surface area contributed by atoms with Crippen molar-refractivity contribution in [1.82, 2.24) is 4.90 Å². The second-order valence-electron chi connectivity index (χ2n) is 5.86. The molecule has 1 saturated heterocycles. The van der Waals surface area contributed by atoms with E-state index in [4.69, 9.17) is 0 Å². The Kier molecular flexibility index (Phi) is 4.31. The third-order valence-electron chi connectivity index (χ3n) is 4.37. The van der Waals surface area contributed by atoms with Crippen LogP contribution in [0.1, 0.15) is 44.5 Å². The largest absolute Gasteiger partial charge is 0.481 e. The van der Waals surface area contributed by atoms with Gasteiger partial charge in [-0.25, -0.2) is 0 Å². The van der Waals surface area contributed by atoms with Gasteiger partial charge in [-0.05, 0) is 36.8 Å². The molecule has 1 N–H and O–H groups in total. The van der Waals surface area contributed by atoms with E-state index in [0.29, 0.717) is 24.9 Å². The van der Waals surface area contributed by atoms with E-state index in [1.165, 1.54) is 4.88 Å². The van der Waals surface area contributed by atoms with Gasteiger partial charge in [0.25, 0.3) is 0 Å². The smallest absolute Gasteiger partial charge is 0.310 e. The zero-order valence-electron chi connectivity index (χ0n) is 11.9. The van der Waals surface area contributed by atoms with Gasteiger partial charge in [0.15, 0.2) is 0 Å². The predicted octanol–water partition coefficient (Wildman–Crippen LogP) is 3.63. The first kappa shape index (κ1) is 14.5. The predicted molar refractivity (Wildman–Crippen MR) is 78.4 cm³/mol. The van der Waals surface area contributed by atoms with Crippen LogP contribution in [-0.4, -0.2) is 29.1 Å². The fourth-order valence-electron chi connectivity index (χ4n) is 3.15. The van der Waals surface area contributed by atoms with Gasteiger partial charge < -0.3 is 5.11 Å². The van der Waals surface area contributed by atoms with Gasteiger partial charge in [0.1, 0.15) is 0 Å². The highest BCUT2D eigenvalue weighted by Crippen LogP contribution is 2.41. The minimum absolute atomic E-state index is 0.354. The third-order valence-corrected chi connectivity index (χ3v) is 5.32. The molecular weight excluding hydrogens is 258 g/mol. The number of nitrogens with zero attached hydrogens (tertiary/aromatic N) is 1. The first-order chi connectivity index (χ1) is 9.00. The van der Waals surface area contributed by atoms with Crippen molar-refractivity contribution in [2.45, 2.75) is 39.7 Å². The Hall–Kier alpha value is -0.870. The van der Waals surface area contributed by atoms with E-state index in [9.17, 15) is 9.90 Å². The molecule has 2 unspecified atom stereocenters. The van der Waals surface area contributed by atoms with Gasteiger partial charge in [0, 0.05) is 17.5 Å². The molecule has 0 aromatic carbocycles. The van der Waals surface area contributed by atoms with Crippen LogP contribution < -0.4 is 0 Å². The molecule has 1 aromatic rings. The molecule has 2 heterocycles. The molecule has 4 heteroatoms. The summed E-state index contributed by atoms with van der Waals surface area (Å²) in [5, 5.41) is 11.6. The maximum absolute atomic E-state index is 11.6. The van der Waals surface area contributed by atoms with Crippen molar-refractivity contribution in [2.24, 2.45) is 11.3 Å². The van der Waals surface area contributed by atoms with Gasteiger partial charge in [-0.15, -0.1) is 11.3 Å². The highest BCUT2D eigenvalue weighted by atomic mass is 32.1. The Labute approximate surface area is 119 Å². The molecule has 1 aliphatic rings. The number of carboxylic acid groups (broad SMARTS) is 1. The summed E-state index contributed by atoms with van der Waals surface area (Å²) >= 11 is 1.77. The van der Waals surface area contributed by atoms with Crippen LogP contribution >= 0.6 is 11.3 Å². The molecule has 0 spiro atoms. The second kappa shape index (κ2) is 5.63. The third kappa shape index (κ3) is 2.70. The van der Waals surface area contributed by atoms with Crippen molar-refractivity contribution in [2.75, 3.05) is 13.1 Å². The van der Waals surface area contributed by atoms with Crippen molar-refractivity contribution >= 4 is 17.3 Å². The number of likely N-dealkylation sites (tertiary alicyclic amines) is 1. The zero-order chi connectivity index (χ0) is 14.0. The average molecular weight is 281 g/mol. The average Bonchev–Trinajstić information content (AvgIpc) is 2.99. The minimum atomic E-state index is -0.633. The van der Waals surface area contributed by atoms with E-state index in [0.717, 1.165) is 13.0 Å². The minimum Gasteiger partial charge on any atom is -0.481 e. The Morgan fingerprint density at radius 3 is 2.74 bits per heavy atom. The van der Waals surface area contributed by atoms with Gasteiger partial charge in [-0.3, -0.25) is 9.69 Å². The van der Waals surface area contributed by atoms with Gasteiger partial charge in [-0.2, -0.15) is 0 Å². The summed E-state index contributed by atoms with van der Waals surface area (Å²) in [6.07, 6.45) is 1.49. The molecule has 0 radical (unpaired) electrons. The molecule has 0 aliphatic carbocycles. The first-order valence-corrected chi connectivity index (χ1v) is 7.89. The molecule has 0 amide bonds. The number of carboxylic acids is 1. The summed E-state index contributed by atoms with van der Waals surface area (Å²) in [4.78, 5) is 15.3. The normalized spacial score (nSPS) is 25.9. The van der Waals surface area contributed by atoms with Crippen LogP contribution in [0.5, 0.6) is 0 Å².